The molecule has 0 aromatic carbocycles. The van der Waals surface area contributed by atoms with Crippen molar-refractivity contribution in [3.05, 3.63) is 0 Å². The summed E-state index contributed by atoms with van der Waals surface area (Å²) in [5.41, 5.74) is 0. The van der Waals surface area contributed by atoms with E-state index in [1.165, 1.54) is 51.4 Å². The van der Waals surface area contributed by atoms with Gasteiger partial charge in [-0.25, -0.2) is 0 Å². The largest absolute Gasteiger partial charge is 0.194 e. The van der Waals surface area contributed by atoms with E-state index in [-0.39, 0.29) is 0 Å². The first-order chi connectivity index (χ1) is 6.91. The van der Waals surface area contributed by atoms with Gasteiger partial charge in [-0.15, -0.1) is 0 Å². The number of azo groups is 1. The summed E-state index contributed by atoms with van der Waals surface area (Å²) in [7, 11) is 0. The van der Waals surface area contributed by atoms with Gasteiger partial charge in [-0.1, -0.05) is 52.4 Å². The number of hydrogen-bond acceptors (Lipinski definition) is 2. The molecule has 0 fully saturated rings. The Hall–Kier alpha value is -0.400. The maximum Gasteiger partial charge on any atom is 0.0598 e. The number of nitrogens with zero attached hydrogens (tertiary/aromatic N) is 2. The van der Waals surface area contributed by atoms with Gasteiger partial charge in [0.25, 0.3) is 0 Å². The van der Waals surface area contributed by atoms with Gasteiger partial charge in [0.05, 0.1) is 13.1 Å². The number of rotatable bonds is 10. The lowest BCUT2D eigenvalue weighted by Crippen LogP contribution is -1.83. The van der Waals surface area contributed by atoms with Gasteiger partial charge in [-0.05, 0) is 12.8 Å². The van der Waals surface area contributed by atoms with E-state index in [0.29, 0.717) is 0 Å². The van der Waals surface area contributed by atoms with Gasteiger partial charge < -0.3 is 0 Å². The first kappa shape index (κ1) is 13.6. The molecular weight excluding hydrogens is 172 g/mol. The van der Waals surface area contributed by atoms with Crippen LogP contribution in [0, 0.1) is 0 Å². The van der Waals surface area contributed by atoms with E-state index in [9.17, 15) is 0 Å². The molecule has 0 rings (SSSR count). The minimum Gasteiger partial charge on any atom is -0.194 e. The molecule has 84 valence electrons. The third kappa shape index (κ3) is 11.6. The van der Waals surface area contributed by atoms with Gasteiger partial charge in [-0.3, -0.25) is 0 Å². The van der Waals surface area contributed by atoms with Gasteiger partial charge in [0.1, 0.15) is 0 Å². The Labute approximate surface area is 89.2 Å². The summed E-state index contributed by atoms with van der Waals surface area (Å²) < 4.78 is 0. The molecule has 0 unspecified atom stereocenters. The van der Waals surface area contributed by atoms with Crippen LogP contribution in [0.1, 0.15) is 65.2 Å². The van der Waals surface area contributed by atoms with Gasteiger partial charge >= 0.3 is 0 Å². The van der Waals surface area contributed by atoms with Crippen molar-refractivity contribution in [3.63, 3.8) is 0 Å². The fourth-order valence-corrected chi connectivity index (χ4v) is 1.36. The highest BCUT2D eigenvalue weighted by molar-refractivity contribution is 4.46. The first-order valence-electron chi connectivity index (χ1n) is 6.25. The third-order valence-electron chi connectivity index (χ3n) is 2.32. The van der Waals surface area contributed by atoms with Crippen LogP contribution in [0.3, 0.4) is 0 Å². The average Bonchev–Trinajstić information content (AvgIpc) is 2.21. The minimum absolute atomic E-state index is 0.938. The fourth-order valence-electron chi connectivity index (χ4n) is 1.36. The zero-order valence-corrected chi connectivity index (χ0v) is 9.97. The van der Waals surface area contributed by atoms with Crippen LogP contribution in [0.4, 0.5) is 0 Å². The van der Waals surface area contributed by atoms with E-state index in [1.54, 1.807) is 0 Å². The molecule has 14 heavy (non-hydrogen) atoms. The zero-order chi connectivity index (χ0) is 10.5. The predicted octanol–water partition coefficient (Wildman–Crippen LogP) is 4.60. The smallest absolute Gasteiger partial charge is 0.0598 e. The third-order valence-corrected chi connectivity index (χ3v) is 2.32. The lowest BCUT2D eigenvalue weighted by atomic mass is 10.2. The summed E-state index contributed by atoms with van der Waals surface area (Å²) >= 11 is 0. The molecular formula is C12H26N2. The molecule has 0 saturated carbocycles. The summed E-state index contributed by atoms with van der Waals surface area (Å²) in [4.78, 5) is 0. The van der Waals surface area contributed by atoms with Crippen LogP contribution >= 0.6 is 0 Å². The van der Waals surface area contributed by atoms with Crippen LogP contribution in [0.15, 0.2) is 10.2 Å². The molecule has 0 N–H and O–H groups in total. The fraction of sp³-hybridized carbons (Fsp3) is 1.00. The average molecular weight is 198 g/mol. The molecule has 0 aliphatic rings. The van der Waals surface area contributed by atoms with Crippen molar-refractivity contribution < 1.29 is 0 Å². The summed E-state index contributed by atoms with van der Waals surface area (Å²) in [6, 6.07) is 0. The van der Waals surface area contributed by atoms with Crippen molar-refractivity contribution in [2.24, 2.45) is 10.2 Å². The van der Waals surface area contributed by atoms with Gasteiger partial charge in [0.2, 0.25) is 0 Å². The molecule has 0 amide bonds. The zero-order valence-electron chi connectivity index (χ0n) is 9.97. The highest BCUT2D eigenvalue weighted by Crippen LogP contribution is 2.00. The molecule has 0 aromatic rings. The number of hydrogen-bond donors (Lipinski definition) is 0. The lowest BCUT2D eigenvalue weighted by Gasteiger charge is -1.95. The van der Waals surface area contributed by atoms with Crippen LogP contribution in [0.25, 0.3) is 0 Å². The SMILES string of the molecule is CCCCCC/N=N/CCCCCC. The Morgan fingerprint density at radius 3 is 1.36 bits per heavy atom. The molecule has 0 atom stereocenters. The Kier molecular flexibility index (Phi) is 12.2. The van der Waals surface area contributed by atoms with Gasteiger partial charge in [0, 0.05) is 0 Å². The van der Waals surface area contributed by atoms with Crippen molar-refractivity contribution in [1.29, 1.82) is 0 Å². The molecule has 0 aromatic heterocycles. The van der Waals surface area contributed by atoms with Crippen LogP contribution in [0.5, 0.6) is 0 Å². The second-order valence-electron chi connectivity index (χ2n) is 3.85. The Balaban J connectivity index is 2.96. The topological polar surface area (TPSA) is 24.7 Å². The van der Waals surface area contributed by atoms with E-state index < -0.39 is 0 Å². The van der Waals surface area contributed by atoms with Gasteiger partial charge in [0.15, 0.2) is 0 Å². The van der Waals surface area contributed by atoms with Gasteiger partial charge in [-0.2, -0.15) is 10.2 Å². The van der Waals surface area contributed by atoms with Crippen molar-refractivity contribution in [3.8, 4) is 0 Å². The summed E-state index contributed by atoms with van der Waals surface area (Å²) in [5, 5.41) is 8.33. The second-order valence-corrected chi connectivity index (χ2v) is 3.85. The van der Waals surface area contributed by atoms with E-state index in [1.807, 2.05) is 0 Å². The number of unbranched alkanes of at least 4 members (excludes halogenated alkanes) is 6. The predicted molar refractivity (Wildman–Crippen MR) is 62.9 cm³/mol. The molecule has 0 spiro atoms. The Bertz CT molecular complexity index is 107. The van der Waals surface area contributed by atoms with Crippen LogP contribution < -0.4 is 0 Å². The highest BCUT2D eigenvalue weighted by atomic mass is 15.1. The van der Waals surface area contributed by atoms with E-state index in [2.05, 4.69) is 24.1 Å². The second kappa shape index (κ2) is 12.6. The molecule has 0 aliphatic carbocycles. The lowest BCUT2D eigenvalue weighted by molar-refractivity contribution is 0.637. The summed E-state index contributed by atoms with van der Waals surface area (Å²) in [6.07, 6.45) is 10.3. The Morgan fingerprint density at radius 2 is 1.00 bits per heavy atom. The monoisotopic (exact) mass is 198 g/mol. The van der Waals surface area contributed by atoms with Crippen LogP contribution in [-0.4, -0.2) is 13.1 Å². The van der Waals surface area contributed by atoms with Crippen molar-refractivity contribution in [2.75, 3.05) is 13.1 Å². The normalized spacial score (nSPS) is 11.3. The maximum atomic E-state index is 4.17. The summed E-state index contributed by atoms with van der Waals surface area (Å²) in [6.45, 7) is 6.34. The van der Waals surface area contributed by atoms with Crippen molar-refractivity contribution >= 4 is 0 Å². The molecule has 2 heteroatoms. The molecule has 0 aliphatic heterocycles. The first-order valence-corrected chi connectivity index (χ1v) is 6.25. The van der Waals surface area contributed by atoms with Crippen LogP contribution in [-0.2, 0) is 0 Å². The van der Waals surface area contributed by atoms with Crippen molar-refractivity contribution in [2.45, 2.75) is 65.2 Å². The van der Waals surface area contributed by atoms with Crippen LogP contribution in [0.2, 0.25) is 0 Å². The Morgan fingerprint density at radius 1 is 0.571 bits per heavy atom. The van der Waals surface area contributed by atoms with E-state index in [0.717, 1.165) is 13.1 Å². The van der Waals surface area contributed by atoms with Crippen molar-refractivity contribution in [1.82, 2.24) is 0 Å². The molecule has 0 radical (unpaired) electrons. The maximum absolute atomic E-state index is 4.17. The van der Waals surface area contributed by atoms with E-state index >= 15 is 0 Å². The van der Waals surface area contributed by atoms with E-state index in [4.69, 9.17) is 0 Å². The molecule has 0 saturated heterocycles. The molecule has 2 nitrogen and oxygen atoms in total. The summed E-state index contributed by atoms with van der Waals surface area (Å²) in [5.74, 6) is 0. The minimum atomic E-state index is 0.938. The highest BCUT2D eigenvalue weighted by Gasteiger charge is 1.87. The standard InChI is InChI=1S/C12H26N2/c1-3-5-7-9-11-13-14-12-10-8-6-4-2/h3-12H2,1-2H3/b14-13+. The quantitative estimate of drug-likeness (QED) is 0.362. The molecule has 0 heterocycles. The molecule has 0 bridgehead atoms.